The molecule has 1 aromatic heterocycles. The second kappa shape index (κ2) is 4.21. The van der Waals surface area contributed by atoms with E-state index in [1.54, 1.807) is 13.8 Å². The zero-order valence-corrected chi connectivity index (χ0v) is 10.4. The van der Waals surface area contributed by atoms with Crippen molar-refractivity contribution in [3.8, 4) is 0 Å². The molecule has 0 radical (unpaired) electrons. The predicted octanol–water partition coefficient (Wildman–Crippen LogP) is 1.35. The Morgan fingerprint density at radius 1 is 1.38 bits per heavy atom. The molecule has 0 unspecified atom stereocenters. The Morgan fingerprint density at radius 3 is 2.31 bits per heavy atom. The number of carbonyl (C=O) groups is 2. The molecule has 0 fully saturated rings. The Bertz CT molecular complexity index is 437. The maximum Gasteiger partial charge on any atom is 0.328 e. The molecule has 6 heteroatoms. The standard InChI is InChI=1S/C10H14N2O3S/c1-5-7(16-6(2)11-5)8(13)12-10(3,4)9(14)15/h1-4H3,(H,12,13)(H,14,15). The lowest BCUT2D eigenvalue weighted by Gasteiger charge is -2.20. The number of nitrogens with zero attached hydrogens (tertiary/aromatic N) is 1. The van der Waals surface area contributed by atoms with Gasteiger partial charge >= 0.3 is 5.97 Å². The van der Waals surface area contributed by atoms with Crippen molar-refractivity contribution in [2.24, 2.45) is 0 Å². The van der Waals surface area contributed by atoms with Crippen LogP contribution in [0.2, 0.25) is 0 Å². The van der Waals surface area contributed by atoms with Crippen molar-refractivity contribution in [2.75, 3.05) is 0 Å². The molecule has 0 aliphatic carbocycles. The summed E-state index contributed by atoms with van der Waals surface area (Å²) in [7, 11) is 0. The SMILES string of the molecule is Cc1nc(C)c(C(=O)NC(C)(C)C(=O)O)s1. The zero-order valence-electron chi connectivity index (χ0n) is 9.62. The Kier molecular flexibility index (Phi) is 3.32. The maximum absolute atomic E-state index is 11.8. The van der Waals surface area contributed by atoms with Crippen molar-refractivity contribution in [3.63, 3.8) is 0 Å². The van der Waals surface area contributed by atoms with Crippen LogP contribution in [0.5, 0.6) is 0 Å². The van der Waals surface area contributed by atoms with Crippen LogP contribution in [0.1, 0.15) is 34.2 Å². The highest BCUT2D eigenvalue weighted by Crippen LogP contribution is 2.18. The highest BCUT2D eigenvalue weighted by Gasteiger charge is 2.30. The van der Waals surface area contributed by atoms with Crippen LogP contribution in [-0.2, 0) is 4.79 Å². The van der Waals surface area contributed by atoms with E-state index < -0.39 is 17.4 Å². The van der Waals surface area contributed by atoms with Crippen LogP contribution >= 0.6 is 11.3 Å². The minimum Gasteiger partial charge on any atom is -0.480 e. The number of aromatic nitrogens is 1. The quantitative estimate of drug-likeness (QED) is 0.838. The number of thiazole rings is 1. The van der Waals surface area contributed by atoms with E-state index in [9.17, 15) is 9.59 Å². The molecule has 88 valence electrons. The molecule has 0 aliphatic rings. The molecule has 1 heterocycles. The van der Waals surface area contributed by atoms with E-state index in [1.807, 2.05) is 0 Å². The number of carbonyl (C=O) groups excluding carboxylic acids is 1. The van der Waals surface area contributed by atoms with Crippen LogP contribution in [0, 0.1) is 13.8 Å². The van der Waals surface area contributed by atoms with Gasteiger partial charge in [0.15, 0.2) is 0 Å². The number of carboxylic acid groups (broad SMARTS) is 1. The fourth-order valence-electron chi connectivity index (χ4n) is 1.14. The molecule has 1 amide bonds. The molecule has 1 aromatic rings. The Labute approximate surface area is 97.5 Å². The van der Waals surface area contributed by atoms with Gasteiger partial charge in [0.1, 0.15) is 10.4 Å². The molecular formula is C10H14N2O3S. The summed E-state index contributed by atoms with van der Waals surface area (Å²) in [5.74, 6) is -1.46. The van der Waals surface area contributed by atoms with E-state index in [1.165, 1.54) is 25.2 Å². The number of aryl methyl sites for hydroxylation is 2. The molecular weight excluding hydrogens is 228 g/mol. The van der Waals surface area contributed by atoms with Crippen molar-refractivity contribution in [1.29, 1.82) is 0 Å². The van der Waals surface area contributed by atoms with Gasteiger partial charge in [0.05, 0.1) is 10.7 Å². The van der Waals surface area contributed by atoms with E-state index in [0.717, 1.165) is 5.01 Å². The van der Waals surface area contributed by atoms with Gasteiger partial charge in [-0.25, -0.2) is 9.78 Å². The van der Waals surface area contributed by atoms with Crippen LogP contribution in [-0.4, -0.2) is 27.5 Å². The number of hydrogen-bond donors (Lipinski definition) is 2. The Hall–Kier alpha value is -1.43. The maximum atomic E-state index is 11.8. The van der Waals surface area contributed by atoms with Crippen molar-refractivity contribution in [2.45, 2.75) is 33.2 Å². The second-order valence-corrected chi connectivity index (χ2v) is 5.23. The third-order valence-corrected chi connectivity index (χ3v) is 3.14. The minimum atomic E-state index is -1.28. The number of nitrogens with one attached hydrogen (secondary N) is 1. The van der Waals surface area contributed by atoms with E-state index >= 15 is 0 Å². The van der Waals surface area contributed by atoms with E-state index in [0.29, 0.717) is 10.6 Å². The van der Waals surface area contributed by atoms with Gasteiger partial charge < -0.3 is 10.4 Å². The summed E-state index contributed by atoms with van der Waals surface area (Å²) >= 11 is 1.26. The molecule has 0 aromatic carbocycles. The van der Waals surface area contributed by atoms with Gasteiger partial charge in [-0.05, 0) is 27.7 Å². The number of carboxylic acids is 1. The second-order valence-electron chi connectivity index (χ2n) is 4.03. The lowest BCUT2D eigenvalue weighted by Crippen LogP contribution is -2.49. The predicted molar refractivity (Wildman–Crippen MR) is 60.8 cm³/mol. The molecule has 0 bridgehead atoms. The fraction of sp³-hybridized carbons (Fsp3) is 0.500. The molecule has 0 atom stereocenters. The van der Waals surface area contributed by atoms with Crippen molar-refractivity contribution in [3.05, 3.63) is 15.6 Å². The summed E-state index contributed by atoms with van der Waals surface area (Å²) in [6, 6.07) is 0. The largest absolute Gasteiger partial charge is 0.480 e. The normalized spacial score (nSPS) is 11.2. The highest BCUT2D eigenvalue weighted by molar-refractivity contribution is 7.13. The van der Waals surface area contributed by atoms with Gasteiger partial charge in [-0.1, -0.05) is 0 Å². The van der Waals surface area contributed by atoms with Gasteiger partial charge in [0, 0.05) is 0 Å². The average Bonchev–Trinajstić information content (AvgIpc) is 2.44. The van der Waals surface area contributed by atoms with Crippen LogP contribution in [0.25, 0.3) is 0 Å². The molecule has 0 saturated carbocycles. The lowest BCUT2D eigenvalue weighted by atomic mass is 10.1. The first kappa shape index (κ1) is 12.6. The van der Waals surface area contributed by atoms with Crippen LogP contribution in [0.15, 0.2) is 0 Å². The van der Waals surface area contributed by atoms with Crippen LogP contribution in [0.3, 0.4) is 0 Å². The van der Waals surface area contributed by atoms with Crippen molar-refractivity contribution >= 4 is 23.2 Å². The summed E-state index contributed by atoms with van der Waals surface area (Å²) < 4.78 is 0. The summed E-state index contributed by atoms with van der Waals surface area (Å²) in [6.45, 7) is 6.41. The number of amides is 1. The molecule has 0 aliphatic heterocycles. The first-order chi connectivity index (χ1) is 7.24. The third-order valence-electron chi connectivity index (χ3n) is 2.07. The summed E-state index contributed by atoms with van der Waals surface area (Å²) in [6.07, 6.45) is 0. The zero-order chi connectivity index (χ0) is 12.5. The van der Waals surface area contributed by atoms with Crippen molar-refractivity contribution in [1.82, 2.24) is 10.3 Å². The monoisotopic (exact) mass is 242 g/mol. The van der Waals surface area contributed by atoms with E-state index in [-0.39, 0.29) is 0 Å². The average molecular weight is 242 g/mol. The Balaban J connectivity index is 2.89. The topological polar surface area (TPSA) is 79.3 Å². The summed E-state index contributed by atoms with van der Waals surface area (Å²) in [5.41, 5.74) is -0.650. The summed E-state index contributed by atoms with van der Waals surface area (Å²) in [5, 5.41) is 12.1. The smallest absolute Gasteiger partial charge is 0.328 e. The van der Waals surface area contributed by atoms with Crippen LogP contribution in [0.4, 0.5) is 0 Å². The Morgan fingerprint density at radius 2 is 1.94 bits per heavy atom. The van der Waals surface area contributed by atoms with Gasteiger partial charge in [-0.2, -0.15) is 0 Å². The number of rotatable bonds is 3. The fourth-order valence-corrected chi connectivity index (χ4v) is 1.95. The molecule has 5 nitrogen and oxygen atoms in total. The third kappa shape index (κ3) is 2.57. The van der Waals surface area contributed by atoms with Crippen molar-refractivity contribution < 1.29 is 14.7 Å². The molecule has 16 heavy (non-hydrogen) atoms. The van der Waals surface area contributed by atoms with E-state index in [2.05, 4.69) is 10.3 Å². The summed E-state index contributed by atoms with van der Waals surface area (Å²) in [4.78, 5) is 27.2. The van der Waals surface area contributed by atoms with E-state index in [4.69, 9.17) is 5.11 Å². The highest BCUT2D eigenvalue weighted by atomic mass is 32.1. The molecule has 2 N–H and O–H groups in total. The van der Waals surface area contributed by atoms with Gasteiger partial charge in [-0.3, -0.25) is 4.79 Å². The first-order valence-electron chi connectivity index (χ1n) is 4.74. The minimum absolute atomic E-state index is 0.393. The first-order valence-corrected chi connectivity index (χ1v) is 5.55. The lowest BCUT2D eigenvalue weighted by molar-refractivity contribution is -0.143. The molecule has 1 rings (SSSR count). The van der Waals surface area contributed by atoms with Gasteiger partial charge in [0.2, 0.25) is 0 Å². The van der Waals surface area contributed by atoms with Gasteiger partial charge in [-0.15, -0.1) is 11.3 Å². The number of hydrogen-bond acceptors (Lipinski definition) is 4. The molecule has 0 spiro atoms. The van der Waals surface area contributed by atoms with Gasteiger partial charge in [0.25, 0.3) is 5.91 Å². The van der Waals surface area contributed by atoms with Crippen LogP contribution < -0.4 is 5.32 Å². The molecule has 0 saturated heterocycles. The number of aliphatic carboxylic acids is 1.